The number of benzene rings is 1. The number of furan rings is 1. The minimum atomic E-state index is -0.199. The average molecular weight is 216 g/mol. The van der Waals surface area contributed by atoms with Crippen molar-refractivity contribution < 1.29 is 9.21 Å². The maximum atomic E-state index is 11.7. The molecule has 0 saturated carbocycles. The summed E-state index contributed by atoms with van der Waals surface area (Å²) in [6.07, 6.45) is 2.87. The highest BCUT2D eigenvalue weighted by molar-refractivity contribution is 6.04. The van der Waals surface area contributed by atoms with Crippen LogP contribution in [0.25, 0.3) is 0 Å². The van der Waals surface area contributed by atoms with E-state index in [1.54, 1.807) is 6.07 Å². The van der Waals surface area contributed by atoms with Gasteiger partial charge in [0.25, 0.3) is 5.91 Å². The molecule has 0 radical (unpaired) electrons. The number of nitrogens with two attached hydrogens (primary N) is 1. The Labute approximate surface area is 93.1 Å². The van der Waals surface area contributed by atoms with Crippen molar-refractivity contribution >= 4 is 11.6 Å². The first-order chi connectivity index (χ1) is 7.81. The third-order valence-electron chi connectivity index (χ3n) is 2.27. The number of carbonyl (C=O) groups is 1. The maximum absolute atomic E-state index is 11.7. The molecule has 4 nitrogen and oxygen atoms in total. The molecule has 16 heavy (non-hydrogen) atoms. The van der Waals surface area contributed by atoms with Crippen molar-refractivity contribution in [1.29, 1.82) is 0 Å². The summed E-state index contributed by atoms with van der Waals surface area (Å²) in [5.41, 5.74) is 7.70. The van der Waals surface area contributed by atoms with Gasteiger partial charge in [-0.1, -0.05) is 18.2 Å². The van der Waals surface area contributed by atoms with Crippen LogP contribution in [0.3, 0.4) is 0 Å². The smallest absolute Gasteiger partial charge is 0.258 e. The minimum absolute atomic E-state index is 0.199. The standard InChI is InChI=1S/C12H12N2O2/c13-7-9-3-1-2-4-11(9)14-12(15)10-5-6-16-8-10/h1-6,8H,7,13H2,(H,14,15). The molecule has 0 saturated heterocycles. The van der Waals surface area contributed by atoms with Crippen LogP contribution in [0.5, 0.6) is 0 Å². The number of para-hydroxylation sites is 1. The molecule has 1 amide bonds. The van der Waals surface area contributed by atoms with E-state index >= 15 is 0 Å². The van der Waals surface area contributed by atoms with E-state index in [1.807, 2.05) is 24.3 Å². The van der Waals surface area contributed by atoms with Gasteiger partial charge in [-0.2, -0.15) is 0 Å². The normalized spacial score (nSPS) is 10.1. The van der Waals surface area contributed by atoms with Gasteiger partial charge in [0.2, 0.25) is 0 Å². The Morgan fingerprint density at radius 2 is 2.12 bits per heavy atom. The summed E-state index contributed by atoms with van der Waals surface area (Å²) in [5, 5.41) is 2.78. The Hall–Kier alpha value is -2.07. The average Bonchev–Trinajstić information content (AvgIpc) is 2.83. The lowest BCUT2D eigenvalue weighted by Gasteiger charge is -2.08. The first-order valence-corrected chi connectivity index (χ1v) is 4.93. The molecule has 0 atom stereocenters. The Morgan fingerprint density at radius 1 is 1.31 bits per heavy atom. The van der Waals surface area contributed by atoms with Gasteiger partial charge < -0.3 is 15.5 Å². The Bertz CT molecular complexity index is 478. The van der Waals surface area contributed by atoms with Gasteiger partial charge in [0.15, 0.2) is 0 Å². The molecule has 1 heterocycles. The molecule has 3 N–H and O–H groups in total. The highest BCUT2D eigenvalue weighted by Gasteiger charge is 2.08. The third kappa shape index (κ3) is 2.12. The van der Waals surface area contributed by atoms with Crippen LogP contribution in [0.4, 0.5) is 5.69 Å². The van der Waals surface area contributed by atoms with E-state index in [0.717, 1.165) is 11.3 Å². The van der Waals surface area contributed by atoms with E-state index in [4.69, 9.17) is 10.2 Å². The predicted molar refractivity (Wildman–Crippen MR) is 61.0 cm³/mol. The summed E-state index contributed by atoms with van der Waals surface area (Å²) in [6, 6.07) is 9.05. The van der Waals surface area contributed by atoms with Crippen molar-refractivity contribution in [2.24, 2.45) is 5.73 Å². The quantitative estimate of drug-likeness (QED) is 0.824. The first-order valence-electron chi connectivity index (χ1n) is 4.93. The van der Waals surface area contributed by atoms with Crippen molar-refractivity contribution in [2.45, 2.75) is 6.54 Å². The van der Waals surface area contributed by atoms with Crippen LogP contribution in [0.1, 0.15) is 15.9 Å². The highest BCUT2D eigenvalue weighted by atomic mass is 16.3. The van der Waals surface area contributed by atoms with Crippen LogP contribution < -0.4 is 11.1 Å². The van der Waals surface area contributed by atoms with E-state index < -0.39 is 0 Å². The Kier molecular flexibility index (Phi) is 3.03. The summed E-state index contributed by atoms with van der Waals surface area (Å²) in [6.45, 7) is 0.391. The fraction of sp³-hybridized carbons (Fsp3) is 0.0833. The molecule has 1 aromatic carbocycles. The number of rotatable bonds is 3. The first kappa shape index (κ1) is 10.4. The van der Waals surface area contributed by atoms with E-state index in [-0.39, 0.29) is 5.91 Å². The Balaban J connectivity index is 2.18. The zero-order valence-corrected chi connectivity index (χ0v) is 8.64. The van der Waals surface area contributed by atoms with Gasteiger partial charge >= 0.3 is 0 Å². The van der Waals surface area contributed by atoms with Crippen molar-refractivity contribution in [3.8, 4) is 0 Å². The molecule has 0 aliphatic rings. The number of amides is 1. The van der Waals surface area contributed by atoms with Crippen molar-refractivity contribution in [1.82, 2.24) is 0 Å². The highest BCUT2D eigenvalue weighted by Crippen LogP contribution is 2.15. The van der Waals surface area contributed by atoms with Crippen molar-refractivity contribution in [3.05, 3.63) is 54.0 Å². The number of hydrogen-bond acceptors (Lipinski definition) is 3. The third-order valence-corrected chi connectivity index (χ3v) is 2.27. The van der Waals surface area contributed by atoms with E-state index in [2.05, 4.69) is 5.32 Å². The lowest BCUT2D eigenvalue weighted by Crippen LogP contribution is -2.13. The minimum Gasteiger partial charge on any atom is -0.472 e. The molecule has 0 fully saturated rings. The second-order valence-corrected chi connectivity index (χ2v) is 3.33. The summed E-state index contributed by atoms with van der Waals surface area (Å²) in [4.78, 5) is 11.7. The lowest BCUT2D eigenvalue weighted by molar-refractivity contribution is 0.102. The summed E-state index contributed by atoms with van der Waals surface area (Å²) >= 11 is 0. The van der Waals surface area contributed by atoms with Gasteiger partial charge in [-0.25, -0.2) is 0 Å². The van der Waals surface area contributed by atoms with Gasteiger partial charge in [-0.05, 0) is 17.7 Å². The zero-order valence-electron chi connectivity index (χ0n) is 8.64. The fourth-order valence-electron chi connectivity index (χ4n) is 1.41. The summed E-state index contributed by atoms with van der Waals surface area (Å²) in [7, 11) is 0. The topological polar surface area (TPSA) is 68.3 Å². The van der Waals surface area contributed by atoms with E-state index in [0.29, 0.717) is 12.1 Å². The zero-order chi connectivity index (χ0) is 11.4. The number of carbonyl (C=O) groups excluding carboxylic acids is 1. The fourth-order valence-corrected chi connectivity index (χ4v) is 1.41. The molecular weight excluding hydrogens is 204 g/mol. The summed E-state index contributed by atoms with van der Waals surface area (Å²) in [5.74, 6) is -0.199. The lowest BCUT2D eigenvalue weighted by atomic mass is 10.1. The Morgan fingerprint density at radius 3 is 2.81 bits per heavy atom. The molecule has 4 heteroatoms. The monoisotopic (exact) mass is 216 g/mol. The molecule has 1 aromatic heterocycles. The van der Waals surface area contributed by atoms with Gasteiger partial charge in [0.1, 0.15) is 6.26 Å². The molecular formula is C12H12N2O2. The molecule has 0 aliphatic carbocycles. The van der Waals surface area contributed by atoms with Gasteiger partial charge in [-0.3, -0.25) is 4.79 Å². The molecule has 2 aromatic rings. The van der Waals surface area contributed by atoms with Gasteiger partial charge in [0.05, 0.1) is 11.8 Å². The SMILES string of the molecule is NCc1ccccc1NC(=O)c1ccoc1. The second kappa shape index (κ2) is 4.63. The maximum Gasteiger partial charge on any atom is 0.258 e. The predicted octanol–water partition coefficient (Wildman–Crippen LogP) is 1.99. The summed E-state index contributed by atoms with van der Waals surface area (Å²) < 4.78 is 4.84. The largest absolute Gasteiger partial charge is 0.472 e. The molecule has 2 rings (SSSR count). The molecule has 0 spiro atoms. The number of anilines is 1. The van der Waals surface area contributed by atoms with Crippen LogP contribution >= 0.6 is 0 Å². The number of hydrogen-bond donors (Lipinski definition) is 2. The molecule has 0 aliphatic heterocycles. The van der Waals surface area contributed by atoms with Crippen LogP contribution in [0.2, 0.25) is 0 Å². The second-order valence-electron chi connectivity index (χ2n) is 3.33. The van der Waals surface area contributed by atoms with Crippen LogP contribution in [-0.4, -0.2) is 5.91 Å². The molecule has 0 bridgehead atoms. The van der Waals surface area contributed by atoms with E-state index in [1.165, 1.54) is 12.5 Å². The molecule has 82 valence electrons. The van der Waals surface area contributed by atoms with Crippen LogP contribution in [0, 0.1) is 0 Å². The van der Waals surface area contributed by atoms with Crippen molar-refractivity contribution in [2.75, 3.05) is 5.32 Å². The van der Waals surface area contributed by atoms with Crippen LogP contribution in [0.15, 0.2) is 47.3 Å². The van der Waals surface area contributed by atoms with Gasteiger partial charge in [-0.15, -0.1) is 0 Å². The van der Waals surface area contributed by atoms with Gasteiger partial charge in [0, 0.05) is 12.2 Å². The number of nitrogens with one attached hydrogen (secondary N) is 1. The van der Waals surface area contributed by atoms with Crippen LogP contribution in [-0.2, 0) is 6.54 Å². The molecule has 0 unspecified atom stereocenters. The van der Waals surface area contributed by atoms with Crippen molar-refractivity contribution in [3.63, 3.8) is 0 Å². The van der Waals surface area contributed by atoms with E-state index in [9.17, 15) is 4.79 Å².